The van der Waals surface area contributed by atoms with E-state index in [4.69, 9.17) is 9.72 Å². The van der Waals surface area contributed by atoms with E-state index >= 15 is 0 Å². The number of para-hydroxylation sites is 1. The molecule has 0 bridgehead atoms. The molecule has 1 N–H and O–H groups in total. The van der Waals surface area contributed by atoms with Crippen molar-refractivity contribution in [2.45, 2.75) is 32.2 Å². The largest absolute Gasteiger partial charge is 0.382 e. The number of benzene rings is 1. The average molecular weight is 278 g/mol. The molecule has 1 unspecified atom stereocenters. The summed E-state index contributed by atoms with van der Waals surface area (Å²) in [5.74, 6) is 0. The second-order valence-corrected chi connectivity index (χ2v) is 5.72. The summed E-state index contributed by atoms with van der Waals surface area (Å²) in [6.07, 6.45) is 3.23. The van der Waals surface area contributed by atoms with Crippen LogP contribution in [0, 0.1) is 0 Å². The highest BCUT2D eigenvalue weighted by atomic mass is 32.1. The van der Waals surface area contributed by atoms with Crippen LogP contribution in [-0.2, 0) is 11.2 Å². The van der Waals surface area contributed by atoms with Crippen LogP contribution in [0.1, 0.15) is 24.8 Å². The first-order valence-corrected chi connectivity index (χ1v) is 7.74. The summed E-state index contributed by atoms with van der Waals surface area (Å²) >= 11 is 1.80. The summed E-state index contributed by atoms with van der Waals surface area (Å²) < 4.78 is 6.67. The van der Waals surface area contributed by atoms with Crippen LogP contribution < -0.4 is 5.32 Å². The van der Waals surface area contributed by atoms with Gasteiger partial charge in [-0.25, -0.2) is 4.98 Å². The van der Waals surface area contributed by atoms with Crippen molar-refractivity contribution in [1.82, 2.24) is 10.3 Å². The zero-order valence-electron chi connectivity index (χ0n) is 11.7. The van der Waals surface area contributed by atoms with Gasteiger partial charge in [0.05, 0.1) is 15.2 Å². The van der Waals surface area contributed by atoms with Gasteiger partial charge in [-0.05, 0) is 38.9 Å². The summed E-state index contributed by atoms with van der Waals surface area (Å²) in [5, 5.41) is 4.60. The number of hydrogen-bond acceptors (Lipinski definition) is 4. The monoisotopic (exact) mass is 278 g/mol. The molecule has 1 aromatic carbocycles. The van der Waals surface area contributed by atoms with Gasteiger partial charge in [0, 0.05) is 25.7 Å². The predicted molar refractivity (Wildman–Crippen MR) is 81.9 cm³/mol. The van der Waals surface area contributed by atoms with Crippen molar-refractivity contribution in [3.8, 4) is 0 Å². The number of rotatable bonds is 8. The van der Waals surface area contributed by atoms with Gasteiger partial charge in [-0.15, -0.1) is 11.3 Å². The highest BCUT2D eigenvalue weighted by Crippen LogP contribution is 2.23. The molecule has 0 saturated carbocycles. The summed E-state index contributed by atoms with van der Waals surface area (Å²) in [6.45, 7) is 3.70. The van der Waals surface area contributed by atoms with E-state index in [9.17, 15) is 0 Å². The highest BCUT2D eigenvalue weighted by Gasteiger charge is 2.10. The lowest BCUT2D eigenvalue weighted by molar-refractivity contribution is 0.141. The first-order chi connectivity index (χ1) is 9.33. The van der Waals surface area contributed by atoms with Crippen molar-refractivity contribution in [2.75, 3.05) is 20.3 Å². The Morgan fingerprint density at radius 2 is 2.21 bits per heavy atom. The van der Waals surface area contributed by atoms with Gasteiger partial charge in [-0.1, -0.05) is 12.1 Å². The number of ether oxygens (including phenoxy) is 1. The van der Waals surface area contributed by atoms with E-state index in [0.717, 1.165) is 38.0 Å². The van der Waals surface area contributed by atoms with E-state index in [1.165, 1.54) is 9.71 Å². The molecule has 2 aromatic rings. The molecule has 19 heavy (non-hydrogen) atoms. The molecular formula is C15H22N2OS. The average Bonchev–Trinajstić information content (AvgIpc) is 2.84. The topological polar surface area (TPSA) is 34.1 Å². The molecule has 0 aliphatic carbocycles. The fourth-order valence-electron chi connectivity index (χ4n) is 2.14. The van der Waals surface area contributed by atoms with Crippen LogP contribution in [0.2, 0.25) is 0 Å². The molecule has 1 heterocycles. The van der Waals surface area contributed by atoms with Gasteiger partial charge in [0.1, 0.15) is 0 Å². The molecule has 1 atom stereocenters. The lowest BCUT2D eigenvalue weighted by atomic mass is 10.1. The Hall–Kier alpha value is -0.970. The minimum absolute atomic E-state index is 0.487. The van der Waals surface area contributed by atoms with Gasteiger partial charge < -0.3 is 10.1 Å². The number of nitrogens with zero attached hydrogens (tertiary/aromatic N) is 1. The smallest absolute Gasteiger partial charge is 0.0954 e. The SMILES string of the molecule is CCOCCCC(Cc1nc2ccccc2s1)NC. The van der Waals surface area contributed by atoms with Crippen LogP contribution in [-0.4, -0.2) is 31.3 Å². The van der Waals surface area contributed by atoms with Crippen molar-refractivity contribution in [2.24, 2.45) is 0 Å². The van der Waals surface area contributed by atoms with Crippen molar-refractivity contribution in [1.29, 1.82) is 0 Å². The number of nitrogens with one attached hydrogen (secondary N) is 1. The maximum absolute atomic E-state index is 5.39. The lowest BCUT2D eigenvalue weighted by Crippen LogP contribution is -2.27. The van der Waals surface area contributed by atoms with Crippen molar-refractivity contribution < 1.29 is 4.74 Å². The minimum atomic E-state index is 0.487. The standard InChI is InChI=1S/C15H22N2OS/c1-3-18-10-6-7-12(16-2)11-15-17-13-8-4-5-9-14(13)19-15/h4-5,8-9,12,16H,3,6-7,10-11H2,1-2H3. The maximum Gasteiger partial charge on any atom is 0.0954 e. The van der Waals surface area contributed by atoms with Crippen LogP contribution in [0.25, 0.3) is 10.2 Å². The van der Waals surface area contributed by atoms with Gasteiger partial charge in [0.15, 0.2) is 0 Å². The molecule has 0 radical (unpaired) electrons. The number of thiazole rings is 1. The first kappa shape index (κ1) is 14.4. The van der Waals surface area contributed by atoms with Crippen LogP contribution in [0.15, 0.2) is 24.3 Å². The van der Waals surface area contributed by atoms with E-state index in [1.54, 1.807) is 11.3 Å². The van der Waals surface area contributed by atoms with E-state index in [1.807, 2.05) is 20.0 Å². The third-order valence-corrected chi connectivity index (χ3v) is 4.27. The molecule has 0 amide bonds. The Morgan fingerprint density at radius 1 is 1.37 bits per heavy atom. The zero-order valence-corrected chi connectivity index (χ0v) is 12.5. The first-order valence-electron chi connectivity index (χ1n) is 6.93. The fourth-order valence-corrected chi connectivity index (χ4v) is 3.19. The van der Waals surface area contributed by atoms with Crippen molar-refractivity contribution >= 4 is 21.6 Å². The number of hydrogen-bond donors (Lipinski definition) is 1. The van der Waals surface area contributed by atoms with Crippen molar-refractivity contribution in [3.05, 3.63) is 29.3 Å². The van der Waals surface area contributed by atoms with Gasteiger partial charge in [-0.3, -0.25) is 0 Å². The predicted octanol–water partition coefficient (Wildman–Crippen LogP) is 3.24. The quantitative estimate of drug-likeness (QED) is 0.753. The number of fused-ring (bicyclic) bond motifs is 1. The Kier molecular flexibility index (Phi) is 5.76. The van der Waals surface area contributed by atoms with Gasteiger partial charge >= 0.3 is 0 Å². The third-order valence-electron chi connectivity index (χ3n) is 3.21. The summed E-state index contributed by atoms with van der Waals surface area (Å²) in [7, 11) is 2.03. The Morgan fingerprint density at radius 3 is 2.95 bits per heavy atom. The van der Waals surface area contributed by atoms with E-state index < -0.39 is 0 Å². The van der Waals surface area contributed by atoms with E-state index in [-0.39, 0.29) is 0 Å². The van der Waals surface area contributed by atoms with Gasteiger partial charge in [-0.2, -0.15) is 0 Å². The number of aromatic nitrogens is 1. The minimum Gasteiger partial charge on any atom is -0.382 e. The molecule has 0 aliphatic rings. The second-order valence-electron chi connectivity index (χ2n) is 4.60. The molecule has 104 valence electrons. The normalized spacial score (nSPS) is 12.9. The lowest BCUT2D eigenvalue weighted by Gasteiger charge is -2.14. The third kappa shape index (κ3) is 4.27. The molecule has 0 spiro atoms. The Balaban J connectivity index is 1.90. The summed E-state index contributed by atoms with van der Waals surface area (Å²) in [5.41, 5.74) is 1.12. The fraction of sp³-hybridized carbons (Fsp3) is 0.533. The van der Waals surface area contributed by atoms with Crippen LogP contribution >= 0.6 is 11.3 Å². The van der Waals surface area contributed by atoms with Crippen molar-refractivity contribution in [3.63, 3.8) is 0 Å². The molecule has 1 aromatic heterocycles. The van der Waals surface area contributed by atoms with Crippen LogP contribution in [0.3, 0.4) is 0 Å². The maximum atomic E-state index is 5.39. The zero-order chi connectivity index (χ0) is 13.5. The molecule has 2 rings (SSSR count). The summed E-state index contributed by atoms with van der Waals surface area (Å²) in [4.78, 5) is 4.69. The van der Waals surface area contributed by atoms with Gasteiger partial charge in [0.2, 0.25) is 0 Å². The van der Waals surface area contributed by atoms with Crippen LogP contribution in [0.4, 0.5) is 0 Å². The Bertz CT molecular complexity index is 465. The number of likely N-dealkylation sites (N-methyl/N-ethyl adjacent to an activating group) is 1. The van der Waals surface area contributed by atoms with E-state index in [2.05, 4.69) is 23.5 Å². The Labute approximate surface area is 119 Å². The molecule has 3 nitrogen and oxygen atoms in total. The van der Waals surface area contributed by atoms with Crippen LogP contribution in [0.5, 0.6) is 0 Å². The highest BCUT2D eigenvalue weighted by molar-refractivity contribution is 7.18. The molecular weight excluding hydrogens is 256 g/mol. The summed E-state index contributed by atoms with van der Waals surface area (Å²) in [6, 6.07) is 8.82. The second kappa shape index (κ2) is 7.58. The molecule has 4 heteroatoms. The molecule has 0 aliphatic heterocycles. The van der Waals surface area contributed by atoms with Gasteiger partial charge in [0.25, 0.3) is 0 Å². The molecule has 0 fully saturated rings. The van der Waals surface area contributed by atoms with E-state index in [0.29, 0.717) is 6.04 Å². The molecule has 0 saturated heterocycles.